The molecule has 0 saturated carbocycles. The van der Waals surface area contributed by atoms with E-state index in [-0.39, 0.29) is 0 Å². The maximum atomic E-state index is 5.51. The van der Waals surface area contributed by atoms with Crippen molar-refractivity contribution in [2.45, 2.75) is 18.9 Å². The molecule has 0 aromatic heterocycles. The molecule has 1 atom stereocenters. The lowest BCUT2D eigenvalue weighted by Crippen LogP contribution is -2.55. The van der Waals surface area contributed by atoms with Gasteiger partial charge in [-0.05, 0) is 42.4 Å². The van der Waals surface area contributed by atoms with Gasteiger partial charge < -0.3 is 5.32 Å². The number of thiocarbonyl (C=S) groups is 1. The van der Waals surface area contributed by atoms with E-state index in [9.17, 15) is 0 Å². The van der Waals surface area contributed by atoms with Crippen molar-refractivity contribution in [1.82, 2.24) is 5.32 Å². The van der Waals surface area contributed by atoms with E-state index in [4.69, 9.17) is 17.2 Å². The first-order valence-electron chi connectivity index (χ1n) is 9.29. The summed E-state index contributed by atoms with van der Waals surface area (Å²) in [5.74, 6) is 0. The molecule has 3 nitrogen and oxygen atoms in total. The Morgan fingerprint density at radius 2 is 1.46 bits per heavy atom. The Hall–Kier alpha value is -3.11. The molecule has 1 aliphatic rings. The molecule has 0 bridgehead atoms. The maximum absolute atomic E-state index is 5.51. The molecule has 0 aliphatic carbocycles. The summed E-state index contributed by atoms with van der Waals surface area (Å²) in [6.07, 6.45) is 0.692. The van der Waals surface area contributed by atoms with E-state index in [2.05, 4.69) is 34.6 Å². The van der Waals surface area contributed by atoms with Crippen molar-refractivity contribution >= 4 is 34.4 Å². The van der Waals surface area contributed by atoms with Gasteiger partial charge in [-0.15, -0.1) is 0 Å². The number of hydrogen-bond donors (Lipinski definition) is 1. The predicted molar refractivity (Wildman–Crippen MR) is 121 cm³/mol. The van der Waals surface area contributed by atoms with Gasteiger partial charge in [0.1, 0.15) is 5.54 Å². The third-order valence-electron chi connectivity index (χ3n) is 4.85. The molecule has 28 heavy (non-hydrogen) atoms. The lowest BCUT2D eigenvalue weighted by atomic mass is 9.77. The Kier molecular flexibility index (Phi) is 5.13. The molecule has 0 amide bonds. The van der Waals surface area contributed by atoms with Crippen LogP contribution in [0.25, 0.3) is 0 Å². The van der Waals surface area contributed by atoms with Crippen LogP contribution in [0.4, 0.5) is 5.69 Å². The number of aliphatic imine (C=N–C) groups is 2. The van der Waals surface area contributed by atoms with Crippen molar-refractivity contribution in [2.75, 3.05) is 0 Å². The average Bonchev–Trinajstić information content (AvgIpc) is 2.73. The summed E-state index contributed by atoms with van der Waals surface area (Å²) in [5.41, 5.74) is 4.42. The minimum Gasteiger partial charge on any atom is -0.345 e. The Morgan fingerprint density at radius 1 is 0.893 bits per heavy atom. The minimum atomic E-state index is -0.582. The van der Waals surface area contributed by atoms with E-state index in [1.807, 2.05) is 73.7 Å². The zero-order valence-corrected chi connectivity index (χ0v) is 16.5. The molecule has 1 aliphatic heterocycles. The van der Waals surface area contributed by atoms with Gasteiger partial charge in [0, 0.05) is 12.1 Å². The molecule has 0 saturated heterocycles. The molecule has 1 unspecified atom stereocenters. The molecule has 3 aromatic rings. The van der Waals surface area contributed by atoms with Gasteiger partial charge in [-0.2, -0.15) is 0 Å². The standard InChI is InChI=1S/C24H21N3S/c1-18-17-24(27-23(28)25-18,20-13-7-3-8-14-20)22(19-11-5-2-6-12-19)26-21-15-9-4-10-16-21/h2-16H,17H2,1H3,(H,27,28). The second-order valence-electron chi connectivity index (χ2n) is 6.89. The van der Waals surface area contributed by atoms with Crippen LogP contribution in [0.3, 0.4) is 0 Å². The average molecular weight is 384 g/mol. The van der Waals surface area contributed by atoms with E-state index in [1.165, 1.54) is 0 Å². The highest BCUT2D eigenvalue weighted by Crippen LogP contribution is 2.34. The largest absolute Gasteiger partial charge is 0.345 e. The molecule has 1 heterocycles. The molecule has 138 valence electrons. The van der Waals surface area contributed by atoms with Crippen molar-refractivity contribution in [1.29, 1.82) is 0 Å². The van der Waals surface area contributed by atoms with Gasteiger partial charge in [-0.3, -0.25) is 0 Å². The van der Waals surface area contributed by atoms with Gasteiger partial charge >= 0.3 is 0 Å². The summed E-state index contributed by atoms with van der Waals surface area (Å²) in [6, 6.07) is 30.7. The first-order chi connectivity index (χ1) is 13.7. The Bertz CT molecular complexity index is 1030. The van der Waals surface area contributed by atoms with Gasteiger partial charge in [-0.25, -0.2) is 9.98 Å². The van der Waals surface area contributed by atoms with Crippen LogP contribution in [0, 0.1) is 0 Å². The molecule has 0 fully saturated rings. The molecular formula is C24H21N3S. The monoisotopic (exact) mass is 383 g/mol. The van der Waals surface area contributed by atoms with Crippen LogP contribution < -0.4 is 5.32 Å². The van der Waals surface area contributed by atoms with Crippen molar-refractivity contribution in [3.63, 3.8) is 0 Å². The number of nitrogens with one attached hydrogen (secondary N) is 1. The number of rotatable bonds is 4. The van der Waals surface area contributed by atoms with Crippen LogP contribution in [0.15, 0.2) is 101 Å². The highest BCUT2D eigenvalue weighted by Gasteiger charge is 2.42. The minimum absolute atomic E-state index is 0.490. The first kappa shape index (κ1) is 18.3. The Balaban J connectivity index is 1.99. The normalized spacial score (nSPS) is 19.7. The van der Waals surface area contributed by atoms with Crippen LogP contribution >= 0.6 is 12.2 Å². The van der Waals surface area contributed by atoms with Gasteiger partial charge in [0.05, 0.1) is 11.4 Å². The Morgan fingerprint density at radius 3 is 2.07 bits per heavy atom. The van der Waals surface area contributed by atoms with Crippen molar-refractivity contribution in [3.05, 3.63) is 102 Å². The van der Waals surface area contributed by atoms with Crippen LogP contribution in [0.2, 0.25) is 0 Å². The highest BCUT2D eigenvalue weighted by atomic mass is 32.1. The van der Waals surface area contributed by atoms with Gasteiger partial charge in [0.15, 0.2) is 5.11 Å². The molecule has 1 N–H and O–H groups in total. The molecule has 0 spiro atoms. The molecule has 4 rings (SSSR count). The zero-order chi connectivity index (χ0) is 19.4. The van der Waals surface area contributed by atoms with Crippen molar-refractivity contribution in [2.24, 2.45) is 9.98 Å². The van der Waals surface area contributed by atoms with Crippen LogP contribution in [-0.4, -0.2) is 16.5 Å². The summed E-state index contributed by atoms with van der Waals surface area (Å²) in [4.78, 5) is 9.58. The van der Waals surface area contributed by atoms with E-state index in [0.29, 0.717) is 11.5 Å². The number of benzene rings is 3. The van der Waals surface area contributed by atoms with Gasteiger partial charge in [-0.1, -0.05) is 78.9 Å². The molecule has 4 heteroatoms. The topological polar surface area (TPSA) is 36.8 Å². The zero-order valence-electron chi connectivity index (χ0n) is 15.7. The lowest BCUT2D eigenvalue weighted by Gasteiger charge is -2.39. The highest BCUT2D eigenvalue weighted by molar-refractivity contribution is 7.80. The van der Waals surface area contributed by atoms with Crippen molar-refractivity contribution < 1.29 is 0 Å². The molecule has 3 aromatic carbocycles. The Labute approximate surface area is 170 Å². The van der Waals surface area contributed by atoms with Crippen LogP contribution in [-0.2, 0) is 5.54 Å². The summed E-state index contributed by atoms with van der Waals surface area (Å²) in [5, 5.41) is 4.00. The van der Waals surface area contributed by atoms with E-state index in [0.717, 1.165) is 28.2 Å². The van der Waals surface area contributed by atoms with Gasteiger partial charge in [0.25, 0.3) is 0 Å². The summed E-state index contributed by atoms with van der Waals surface area (Å²) >= 11 is 5.51. The third kappa shape index (κ3) is 3.64. The van der Waals surface area contributed by atoms with E-state index < -0.39 is 5.54 Å². The van der Waals surface area contributed by atoms with Crippen LogP contribution in [0.1, 0.15) is 24.5 Å². The lowest BCUT2D eigenvalue weighted by molar-refractivity contribution is 0.548. The van der Waals surface area contributed by atoms with Crippen LogP contribution in [0.5, 0.6) is 0 Å². The quantitative estimate of drug-likeness (QED) is 0.481. The van der Waals surface area contributed by atoms with Gasteiger partial charge in [0.2, 0.25) is 0 Å². The number of hydrogen-bond acceptors (Lipinski definition) is 2. The first-order valence-corrected chi connectivity index (χ1v) is 9.70. The summed E-state index contributed by atoms with van der Waals surface area (Å²) < 4.78 is 0. The second-order valence-corrected chi connectivity index (χ2v) is 7.27. The van der Waals surface area contributed by atoms with Crippen molar-refractivity contribution in [3.8, 4) is 0 Å². The predicted octanol–water partition coefficient (Wildman–Crippen LogP) is 5.44. The molecular weight excluding hydrogens is 362 g/mol. The third-order valence-corrected chi connectivity index (χ3v) is 5.04. The smallest absolute Gasteiger partial charge is 0.193 e. The second kappa shape index (κ2) is 7.87. The maximum Gasteiger partial charge on any atom is 0.193 e. The summed E-state index contributed by atoms with van der Waals surface area (Å²) in [6.45, 7) is 2.02. The number of para-hydroxylation sites is 1. The van der Waals surface area contributed by atoms with E-state index >= 15 is 0 Å². The van der Waals surface area contributed by atoms with E-state index in [1.54, 1.807) is 0 Å². The summed E-state index contributed by atoms with van der Waals surface area (Å²) in [7, 11) is 0. The molecule has 0 radical (unpaired) electrons. The fourth-order valence-electron chi connectivity index (χ4n) is 3.66. The fraction of sp³-hybridized carbons (Fsp3) is 0.125. The fourth-order valence-corrected chi connectivity index (χ4v) is 3.99. The SMILES string of the molecule is CC1=NC(=S)NC(C(=Nc2ccccc2)c2ccccc2)(c2ccccc2)C1. The number of nitrogens with zero attached hydrogens (tertiary/aromatic N) is 2.